The molecule has 0 aliphatic carbocycles. The summed E-state index contributed by atoms with van der Waals surface area (Å²) in [5, 5.41) is 0. The summed E-state index contributed by atoms with van der Waals surface area (Å²) >= 11 is 3.32. The van der Waals surface area contributed by atoms with Gasteiger partial charge in [0.25, 0.3) is 10.0 Å². The smallest absolute Gasteiger partial charge is 0.262 e. The quantitative estimate of drug-likeness (QED) is 0.759. The number of nitrogens with one attached hydrogen (secondary N) is 1. The SMILES string of the molecule is Cc1cc(N2CCCCS2(=O)=O)ccc1S(=O)(=O)Nc1ccccc1Br. The average Bonchev–Trinajstić information content (AvgIpc) is 2.56. The van der Waals surface area contributed by atoms with E-state index in [4.69, 9.17) is 0 Å². The molecule has 9 heteroatoms. The fraction of sp³-hybridized carbons (Fsp3) is 0.294. The summed E-state index contributed by atoms with van der Waals surface area (Å²) in [6.07, 6.45) is 1.45. The molecule has 1 aliphatic rings. The van der Waals surface area contributed by atoms with Gasteiger partial charge in [-0.1, -0.05) is 12.1 Å². The molecule has 0 spiro atoms. The van der Waals surface area contributed by atoms with Crippen molar-refractivity contribution < 1.29 is 16.8 Å². The second kappa shape index (κ2) is 7.21. The minimum Gasteiger partial charge on any atom is -0.278 e. The number of hydrogen-bond acceptors (Lipinski definition) is 4. The summed E-state index contributed by atoms with van der Waals surface area (Å²) in [5.74, 6) is 0.121. The molecule has 0 unspecified atom stereocenters. The number of aryl methyl sites for hydroxylation is 1. The molecule has 0 bridgehead atoms. The fourth-order valence-electron chi connectivity index (χ4n) is 2.91. The van der Waals surface area contributed by atoms with E-state index >= 15 is 0 Å². The van der Waals surface area contributed by atoms with Gasteiger partial charge in [-0.25, -0.2) is 16.8 Å². The van der Waals surface area contributed by atoms with Crippen LogP contribution >= 0.6 is 15.9 Å². The fourth-order valence-corrected chi connectivity index (χ4v) is 6.37. The van der Waals surface area contributed by atoms with Crippen LogP contribution in [0.25, 0.3) is 0 Å². The van der Waals surface area contributed by atoms with E-state index in [9.17, 15) is 16.8 Å². The Balaban J connectivity index is 1.93. The van der Waals surface area contributed by atoms with Gasteiger partial charge in [-0.15, -0.1) is 0 Å². The maximum Gasteiger partial charge on any atom is 0.262 e. The van der Waals surface area contributed by atoms with E-state index in [2.05, 4.69) is 20.7 Å². The van der Waals surface area contributed by atoms with E-state index in [1.807, 2.05) is 0 Å². The third-order valence-corrected chi connectivity index (χ3v) is 8.29. The Morgan fingerprint density at radius 1 is 1.12 bits per heavy atom. The molecule has 0 saturated carbocycles. The lowest BCUT2D eigenvalue weighted by molar-refractivity contribution is 0.574. The topological polar surface area (TPSA) is 83.6 Å². The van der Waals surface area contributed by atoms with Gasteiger partial charge in [0.2, 0.25) is 10.0 Å². The molecule has 1 fully saturated rings. The number of anilines is 2. The zero-order valence-corrected chi connectivity index (χ0v) is 17.4. The van der Waals surface area contributed by atoms with Crippen molar-refractivity contribution in [1.82, 2.24) is 0 Å². The van der Waals surface area contributed by atoms with E-state index in [1.54, 1.807) is 43.3 Å². The summed E-state index contributed by atoms with van der Waals surface area (Å²) in [6, 6.07) is 11.5. The number of nitrogens with zero attached hydrogens (tertiary/aromatic N) is 1. The van der Waals surface area contributed by atoms with Crippen molar-refractivity contribution in [3.8, 4) is 0 Å². The standard InChI is InChI=1S/C17H19BrN2O4S2/c1-13-12-14(20-10-4-5-11-25(20,21)22)8-9-17(13)26(23,24)19-16-7-3-2-6-15(16)18/h2-3,6-9,12,19H,4-5,10-11H2,1H3. The number of benzene rings is 2. The lowest BCUT2D eigenvalue weighted by Crippen LogP contribution is -2.37. The van der Waals surface area contributed by atoms with Gasteiger partial charge in [-0.2, -0.15) is 0 Å². The third-order valence-electron chi connectivity index (χ3n) is 4.20. The van der Waals surface area contributed by atoms with Gasteiger partial charge in [-0.3, -0.25) is 9.03 Å². The summed E-state index contributed by atoms with van der Waals surface area (Å²) in [4.78, 5) is 0.117. The highest BCUT2D eigenvalue weighted by Crippen LogP contribution is 2.29. The Hall–Kier alpha value is -1.58. The zero-order valence-electron chi connectivity index (χ0n) is 14.1. The van der Waals surface area contributed by atoms with Gasteiger partial charge in [0, 0.05) is 11.0 Å². The first-order chi connectivity index (χ1) is 12.2. The summed E-state index contributed by atoms with van der Waals surface area (Å²) < 4.78 is 54.5. The first-order valence-electron chi connectivity index (χ1n) is 8.09. The van der Waals surface area contributed by atoms with Crippen molar-refractivity contribution in [1.29, 1.82) is 0 Å². The van der Waals surface area contributed by atoms with Crippen LogP contribution in [0.3, 0.4) is 0 Å². The lowest BCUT2D eigenvalue weighted by atomic mass is 10.2. The van der Waals surface area contributed by atoms with Crippen molar-refractivity contribution in [3.05, 3.63) is 52.5 Å². The van der Waals surface area contributed by atoms with Gasteiger partial charge < -0.3 is 0 Å². The van der Waals surface area contributed by atoms with Crippen LogP contribution in [-0.2, 0) is 20.0 Å². The normalized spacial score (nSPS) is 17.1. The van der Waals surface area contributed by atoms with Gasteiger partial charge in [0.1, 0.15) is 0 Å². The molecular weight excluding hydrogens is 440 g/mol. The number of rotatable bonds is 4. The number of hydrogen-bond donors (Lipinski definition) is 1. The van der Waals surface area contributed by atoms with Gasteiger partial charge in [0.05, 0.1) is 22.0 Å². The highest BCUT2D eigenvalue weighted by molar-refractivity contribution is 9.10. The Morgan fingerprint density at radius 2 is 1.85 bits per heavy atom. The van der Waals surface area contributed by atoms with Crippen LogP contribution in [0.2, 0.25) is 0 Å². The van der Waals surface area contributed by atoms with E-state index in [-0.39, 0.29) is 10.6 Å². The summed E-state index contributed by atoms with van der Waals surface area (Å²) in [7, 11) is -7.12. The maximum absolute atomic E-state index is 12.7. The largest absolute Gasteiger partial charge is 0.278 e. The number of para-hydroxylation sites is 1. The predicted octanol–water partition coefficient (Wildman–Crippen LogP) is 3.49. The van der Waals surface area contributed by atoms with Crippen molar-refractivity contribution in [2.24, 2.45) is 0 Å². The minimum absolute atomic E-state index is 0.117. The van der Waals surface area contributed by atoms with Crippen LogP contribution in [0.5, 0.6) is 0 Å². The molecule has 1 heterocycles. The second-order valence-corrected chi connectivity index (χ2v) is 10.6. The Kier molecular flexibility index (Phi) is 5.32. The van der Waals surface area contributed by atoms with Crippen molar-refractivity contribution >= 4 is 47.4 Å². The molecule has 1 saturated heterocycles. The molecule has 0 atom stereocenters. The zero-order chi connectivity index (χ0) is 18.9. The first-order valence-corrected chi connectivity index (χ1v) is 12.0. The molecule has 2 aromatic rings. The molecule has 0 radical (unpaired) electrons. The van der Waals surface area contributed by atoms with Crippen LogP contribution in [0.4, 0.5) is 11.4 Å². The van der Waals surface area contributed by atoms with Gasteiger partial charge in [0.15, 0.2) is 0 Å². The van der Waals surface area contributed by atoms with E-state index in [0.717, 1.165) is 6.42 Å². The van der Waals surface area contributed by atoms with E-state index in [1.165, 1.54) is 10.4 Å². The highest BCUT2D eigenvalue weighted by atomic mass is 79.9. The molecule has 2 aromatic carbocycles. The molecule has 26 heavy (non-hydrogen) atoms. The number of sulfonamides is 2. The first kappa shape index (κ1) is 19.2. The molecule has 0 amide bonds. The second-order valence-electron chi connectivity index (χ2n) is 6.13. The van der Waals surface area contributed by atoms with Crippen LogP contribution in [0.15, 0.2) is 51.8 Å². The van der Waals surface area contributed by atoms with Crippen molar-refractivity contribution in [2.75, 3.05) is 21.3 Å². The van der Waals surface area contributed by atoms with E-state index in [0.29, 0.717) is 34.4 Å². The lowest BCUT2D eigenvalue weighted by Gasteiger charge is -2.28. The average molecular weight is 459 g/mol. The molecular formula is C17H19BrN2O4S2. The number of halogens is 1. The summed E-state index contributed by atoms with van der Waals surface area (Å²) in [5.41, 5.74) is 1.43. The van der Waals surface area contributed by atoms with Crippen molar-refractivity contribution in [2.45, 2.75) is 24.7 Å². The molecule has 140 valence electrons. The molecule has 3 rings (SSSR count). The summed E-state index contributed by atoms with van der Waals surface area (Å²) in [6.45, 7) is 2.08. The highest BCUT2D eigenvalue weighted by Gasteiger charge is 2.27. The predicted molar refractivity (Wildman–Crippen MR) is 106 cm³/mol. The molecule has 1 aliphatic heterocycles. The molecule has 1 N–H and O–H groups in total. The minimum atomic E-state index is -3.79. The van der Waals surface area contributed by atoms with Gasteiger partial charge in [-0.05, 0) is 71.6 Å². The molecule has 0 aromatic heterocycles. The van der Waals surface area contributed by atoms with Crippen LogP contribution in [0, 0.1) is 6.92 Å². The monoisotopic (exact) mass is 458 g/mol. The van der Waals surface area contributed by atoms with E-state index < -0.39 is 20.0 Å². The Labute approximate surface area is 162 Å². The Morgan fingerprint density at radius 3 is 2.50 bits per heavy atom. The maximum atomic E-state index is 12.7. The van der Waals surface area contributed by atoms with Crippen LogP contribution < -0.4 is 9.03 Å². The Bertz CT molecular complexity index is 1040. The van der Waals surface area contributed by atoms with Crippen molar-refractivity contribution in [3.63, 3.8) is 0 Å². The van der Waals surface area contributed by atoms with Crippen LogP contribution in [-0.4, -0.2) is 29.1 Å². The third kappa shape index (κ3) is 3.89. The van der Waals surface area contributed by atoms with Crippen LogP contribution in [0.1, 0.15) is 18.4 Å². The van der Waals surface area contributed by atoms with Gasteiger partial charge >= 0.3 is 0 Å². The molecule has 6 nitrogen and oxygen atoms in total.